The molecule has 1 radical (unpaired) electrons. The Kier molecular flexibility index (Phi) is 11.9. The van der Waals surface area contributed by atoms with Gasteiger partial charge in [-0.15, -0.1) is 10.3 Å². The van der Waals surface area contributed by atoms with Crippen LogP contribution in [0.15, 0.2) is 48.8 Å². The van der Waals surface area contributed by atoms with Crippen molar-refractivity contribution in [3.05, 3.63) is 54.4 Å². The molecular weight excluding hydrogens is 408 g/mol. The second-order valence-corrected chi connectivity index (χ2v) is 10.2. The molecule has 0 N–H and O–H groups in total. The van der Waals surface area contributed by atoms with Crippen LogP contribution in [0.4, 0.5) is 0 Å². The quantitative estimate of drug-likeness (QED) is 0.156. The molecule has 1 aromatic heterocycles. The number of rotatable bonds is 15. The Morgan fingerprint density at radius 3 is 2.03 bits per heavy atom. The van der Waals surface area contributed by atoms with Gasteiger partial charge in [-0.05, 0) is 40.2 Å². The molecule has 0 bridgehead atoms. The van der Waals surface area contributed by atoms with Crippen LogP contribution in [-0.4, -0.2) is 17.2 Å². The largest absolute Gasteiger partial charge is 0.493 e. The van der Waals surface area contributed by atoms with Gasteiger partial charge in [0.1, 0.15) is 5.75 Å². The first kappa shape index (κ1) is 27.3. The van der Waals surface area contributed by atoms with Crippen molar-refractivity contribution in [3.8, 4) is 11.4 Å². The second-order valence-electron chi connectivity index (χ2n) is 10.2. The highest BCUT2D eigenvalue weighted by molar-refractivity contribution is 5.42. The molecule has 183 valence electrons. The number of ether oxygens (including phenoxy) is 1. The van der Waals surface area contributed by atoms with Crippen LogP contribution in [0.1, 0.15) is 110 Å². The lowest BCUT2D eigenvalue weighted by Crippen LogP contribution is -2.39. The van der Waals surface area contributed by atoms with Crippen LogP contribution in [0.5, 0.6) is 5.75 Å². The second kappa shape index (κ2) is 14.4. The topological polar surface area (TPSA) is 36.2 Å². The molecule has 0 aliphatic rings. The minimum Gasteiger partial charge on any atom is -0.493 e. The van der Waals surface area contributed by atoms with Crippen molar-refractivity contribution in [2.45, 2.75) is 110 Å². The Morgan fingerprint density at radius 2 is 1.45 bits per heavy atom. The third-order valence-electron chi connectivity index (χ3n) is 6.23. The summed E-state index contributed by atoms with van der Waals surface area (Å²) >= 11 is 0. The highest BCUT2D eigenvalue weighted by Gasteiger charge is 2.30. The Labute approximate surface area is 202 Å². The van der Waals surface area contributed by atoms with Gasteiger partial charge in [0, 0.05) is 35.4 Å². The zero-order valence-corrected chi connectivity index (χ0v) is 21.7. The van der Waals surface area contributed by atoms with E-state index in [0.29, 0.717) is 6.61 Å². The van der Waals surface area contributed by atoms with Crippen LogP contribution in [0, 0.1) is 0 Å². The van der Waals surface area contributed by atoms with E-state index in [1.54, 1.807) is 0 Å². The number of unbranched alkanes of at least 4 members (excludes halogenated alkanes) is 9. The maximum atomic E-state index is 13.0. The fourth-order valence-corrected chi connectivity index (χ4v) is 4.20. The van der Waals surface area contributed by atoms with Gasteiger partial charge in [-0.1, -0.05) is 70.8 Å². The molecule has 4 heteroatoms. The lowest BCUT2D eigenvalue weighted by Gasteiger charge is -2.33. The van der Waals surface area contributed by atoms with Crippen LogP contribution >= 0.6 is 0 Å². The predicted molar refractivity (Wildman–Crippen MR) is 136 cm³/mol. The SMILES string of the molecule is CCCCCCCCCCCCOc1ccc(-[n+]2ccccc2)cc1C(C)N([O])C(C)(C)C. The van der Waals surface area contributed by atoms with Crippen LogP contribution in [0.25, 0.3) is 5.69 Å². The van der Waals surface area contributed by atoms with E-state index in [1.165, 1.54) is 62.9 Å². The Hall–Kier alpha value is -1.91. The van der Waals surface area contributed by atoms with Crippen LogP contribution in [0.2, 0.25) is 0 Å². The summed E-state index contributed by atoms with van der Waals surface area (Å²) in [6.45, 7) is 10.8. The Bertz CT molecular complexity index is 786. The van der Waals surface area contributed by atoms with Crippen LogP contribution < -0.4 is 9.30 Å². The number of pyridine rings is 1. The number of hydroxylamine groups is 2. The summed E-state index contributed by atoms with van der Waals surface area (Å²) in [6, 6.07) is 11.9. The predicted octanol–water partition coefficient (Wildman–Crippen LogP) is 7.77. The van der Waals surface area contributed by atoms with Crippen molar-refractivity contribution in [2.24, 2.45) is 0 Å². The number of nitrogens with zero attached hydrogens (tertiary/aromatic N) is 2. The third-order valence-corrected chi connectivity index (χ3v) is 6.23. The van der Waals surface area contributed by atoms with Gasteiger partial charge in [0.25, 0.3) is 0 Å². The number of hydrogen-bond acceptors (Lipinski definition) is 2. The van der Waals surface area contributed by atoms with Gasteiger partial charge in [0.05, 0.1) is 12.6 Å². The summed E-state index contributed by atoms with van der Waals surface area (Å²) < 4.78 is 8.27. The molecule has 33 heavy (non-hydrogen) atoms. The van der Waals surface area contributed by atoms with Crippen molar-refractivity contribution in [3.63, 3.8) is 0 Å². The number of aromatic nitrogens is 1. The molecule has 1 aromatic carbocycles. The molecule has 0 aliphatic carbocycles. The van der Waals surface area contributed by atoms with Gasteiger partial charge in [0.2, 0.25) is 5.69 Å². The minimum absolute atomic E-state index is 0.294. The highest BCUT2D eigenvalue weighted by atomic mass is 16.5. The summed E-state index contributed by atoms with van der Waals surface area (Å²) in [5.74, 6) is 0.823. The van der Waals surface area contributed by atoms with Gasteiger partial charge >= 0.3 is 0 Å². The molecular formula is C29H46N2O2+. The van der Waals surface area contributed by atoms with Gasteiger partial charge < -0.3 is 4.74 Å². The van der Waals surface area contributed by atoms with E-state index in [0.717, 1.165) is 23.4 Å². The summed E-state index contributed by atoms with van der Waals surface area (Å²) in [7, 11) is 0. The van der Waals surface area contributed by atoms with Crippen molar-refractivity contribution in [1.82, 2.24) is 5.06 Å². The Balaban J connectivity index is 1.93. The van der Waals surface area contributed by atoms with E-state index in [9.17, 15) is 5.21 Å². The molecule has 2 aromatic rings. The van der Waals surface area contributed by atoms with Crippen molar-refractivity contribution < 1.29 is 14.5 Å². The standard InChI is InChI=1S/C29H46N2O2/c1-6-7-8-9-10-11-12-13-14-18-23-33-28-20-19-26(30-21-16-15-17-22-30)24-27(28)25(2)31(32)29(3,4)5/h15-17,19-22,24-25H,6-14,18,23H2,1-5H3/q+1. The number of hydrogen-bond donors (Lipinski definition) is 0. The number of benzene rings is 1. The van der Waals surface area contributed by atoms with E-state index in [1.807, 2.05) is 64.4 Å². The molecule has 0 fully saturated rings. The molecule has 0 saturated heterocycles. The van der Waals surface area contributed by atoms with E-state index >= 15 is 0 Å². The lowest BCUT2D eigenvalue weighted by molar-refractivity contribution is -0.595. The first-order valence-corrected chi connectivity index (χ1v) is 13.0. The molecule has 1 atom stereocenters. The normalized spacial score (nSPS) is 12.8. The average molecular weight is 455 g/mol. The van der Waals surface area contributed by atoms with E-state index in [-0.39, 0.29) is 6.04 Å². The summed E-state index contributed by atoms with van der Waals surface area (Å²) in [5.41, 5.74) is 1.51. The highest BCUT2D eigenvalue weighted by Crippen LogP contribution is 2.33. The average Bonchev–Trinajstić information content (AvgIpc) is 2.81. The minimum atomic E-state index is -0.469. The van der Waals surface area contributed by atoms with E-state index in [4.69, 9.17) is 4.74 Å². The maximum Gasteiger partial charge on any atom is 0.211 e. The molecule has 0 amide bonds. The smallest absolute Gasteiger partial charge is 0.211 e. The molecule has 4 nitrogen and oxygen atoms in total. The first-order chi connectivity index (χ1) is 15.8. The van der Waals surface area contributed by atoms with Gasteiger partial charge in [-0.2, -0.15) is 4.57 Å². The van der Waals surface area contributed by atoms with Gasteiger partial charge in [0.15, 0.2) is 12.4 Å². The monoisotopic (exact) mass is 454 g/mol. The first-order valence-electron chi connectivity index (χ1n) is 13.0. The molecule has 2 rings (SSSR count). The van der Waals surface area contributed by atoms with Crippen molar-refractivity contribution in [2.75, 3.05) is 6.61 Å². The molecule has 1 unspecified atom stereocenters. The Morgan fingerprint density at radius 1 is 0.879 bits per heavy atom. The lowest BCUT2D eigenvalue weighted by atomic mass is 10.0. The molecule has 0 aliphatic heterocycles. The zero-order valence-electron chi connectivity index (χ0n) is 21.7. The zero-order chi connectivity index (χ0) is 24.1. The maximum absolute atomic E-state index is 13.0. The third kappa shape index (κ3) is 9.46. The molecule has 1 heterocycles. The summed E-state index contributed by atoms with van der Waals surface area (Å²) in [5, 5.41) is 14.2. The summed E-state index contributed by atoms with van der Waals surface area (Å²) in [6.07, 6.45) is 17.1. The van der Waals surface area contributed by atoms with E-state index < -0.39 is 5.54 Å². The van der Waals surface area contributed by atoms with Crippen LogP contribution in [0.3, 0.4) is 0 Å². The fourth-order valence-electron chi connectivity index (χ4n) is 4.20. The molecule has 0 spiro atoms. The van der Waals surface area contributed by atoms with Crippen molar-refractivity contribution >= 4 is 0 Å². The van der Waals surface area contributed by atoms with E-state index in [2.05, 4.69) is 23.6 Å². The fraction of sp³-hybridized carbons (Fsp3) is 0.621. The van der Waals surface area contributed by atoms with Crippen molar-refractivity contribution in [1.29, 1.82) is 0 Å². The van der Waals surface area contributed by atoms with Crippen LogP contribution in [-0.2, 0) is 5.21 Å². The molecule has 0 saturated carbocycles. The van der Waals surface area contributed by atoms with Gasteiger partial charge in [-0.3, -0.25) is 0 Å². The summed E-state index contributed by atoms with van der Waals surface area (Å²) in [4.78, 5) is 0. The van der Waals surface area contributed by atoms with Gasteiger partial charge in [-0.25, -0.2) is 0 Å².